The molecule has 0 N–H and O–H groups in total. The SMILES string of the molecule is CC1CCC2CC(c3c(F)c(OC(F)(F)F)c4ccccc4c3F)CCC2C1. The summed E-state index contributed by atoms with van der Waals surface area (Å²) in [5.41, 5.74) is -0.241. The Morgan fingerprint density at radius 1 is 0.857 bits per heavy atom. The Hall–Kier alpha value is -1.85. The van der Waals surface area contributed by atoms with Gasteiger partial charge in [-0.3, -0.25) is 0 Å². The predicted molar refractivity (Wildman–Crippen MR) is 97.1 cm³/mol. The first-order chi connectivity index (χ1) is 13.2. The molecule has 2 aromatic carbocycles. The van der Waals surface area contributed by atoms with Gasteiger partial charge in [-0.25, -0.2) is 8.78 Å². The van der Waals surface area contributed by atoms with Crippen molar-refractivity contribution in [3.8, 4) is 5.75 Å². The van der Waals surface area contributed by atoms with Gasteiger partial charge in [0.1, 0.15) is 5.82 Å². The zero-order chi connectivity index (χ0) is 20.1. The number of alkyl halides is 3. The lowest BCUT2D eigenvalue weighted by Gasteiger charge is -2.41. The average Bonchev–Trinajstić information content (AvgIpc) is 2.64. The summed E-state index contributed by atoms with van der Waals surface area (Å²) in [6, 6.07) is 5.61. The molecule has 28 heavy (non-hydrogen) atoms. The highest BCUT2D eigenvalue weighted by molar-refractivity contribution is 5.90. The monoisotopic (exact) mass is 398 g/mol. The molecule has 0 spiro atoms. The Morgan fingerprint density at radius 3 is 2.21 bits per heavy atom. The second kappa shape index (κ2) is 7.20. The van der Waals surface area contributed by atoms with Gasteiger partial charge in [-0.05, 0) is 55.8 Å². The maximum atomic E-state index is 15.2. The third-order valence-corrected chi connectivity index (χ3v) is 6.58. The summed E-state index contributed by atoms with van der Waals surface area (Å²) in [4.78, 5) is 0. The molecule has 2 fully saturated rings. The molecule has 2 aliphatic rings. The van der Waals surface area contributed by atoms with Gasteiger partial charge in [-0.15, -0.1) is 13.2 Å². The van der Waals surface area contributed by atoms with Gasteiger partial charge in [0.2, 0.25) is 0 Å². The largest absolute Gasteiger partial charge is 0.573 e. The molecular formula is C22H23F5O. The molecule has 0 heterocycles. The summed E-state index contributed by atoms with van der Waals surface area (Å²) < 4.78 is 73.1. The quantitative estimate of drug-likeness (QED) is 0.481. The van der Waals surface area contributed by atoms with Gasteiger partial charge in [-0.2, -0.15) is 0 Å². The summed E-state index contributed by atoms with van der Waals surface area (Å²) in [7, 11) is 0. The summed E-state index contributed by atoms with van der Waals surface area (Å²) in [6.45, 7) is 2.23. The van der Waals surface area contributed by atoms with E-state index in [0.717, 1.165) is 25.7 Å². The van der Waals surface area contributed by atoms with E-state index in [1.165, 1.54) is 24.3 Å². The fourth-order valence-corrected chi connectivity index (χ4v) is 5.31. The number of hydrogen-bond donors (Lipinski definition) is 0. The molecule has 4 rings (SSSR count). The number of rotatable bonds is 2. The highest BCUT2D eigenvalue weighted by atomic mass is 19.4. The van der Waals surface area contributed by atoms with E-state index in [4.69, 9.17) is 0 Å². The molecular weight excluding hydrogens is 375 g/mol. The van der Waals surface area contributed by atoms with Gasteiger partial charge in [-0.1, -0.05) is 37.6 Å². The number of ether oxygens (including phenoxy) is 1. The summed E-state index contributed by atoms with van der Waals surface area (Å²) >= 11 is 0. The van der Waals surface area contributed by atoms with E-state index < -0.39 is 29.7 Å². The summed E-state index contributed by atoms with van der Waals surface area (Å²) in [5.74, 6) is -1.70. The van der Waals surface area contributed by atoms with Crippen molar-refractivity contribution in [3.05, 3.63) is 41.5 Å². The minimum absolute atomic E-state index is 0.0301. The van der Waals surface area contributed by atoms with Crippen LogP contribution in [0.1, 0.15) is 56.9 Å². The van der Waals surface area contributed by atoms with Gasteiger partial charge in [0.15, 0.2) is 11.6 Å². The maximum Gasteiger partial charge on any atom is 0.573 e. The summed E-state index contributed by atoms with van der Waals surface area (Å²) in [5, 5.41) is -0.226. The summed E-state index contributed by atoms with van der Waals surface area (Å²) in [6.07, 6.45) is 0.268. The van der Waals surface area contributed by atoms with Crippen LogP contribution >= 0.6 is 0 Å². The van der Waals surface area contributed by atoms with Crippen LogP contribution in [0.4, 0.5) is 22.0 Å². The molecule has 1 nitrogen and oxygen atoms in total. The Bertz CT molecular complexity index is 875. The van der Waals surface area contributed by atoms with Crippen LogP contribution in [0.3, 0.4) is 0 Å². The van der Waals surface area contributed by atoms with Crippen molar-refractivity contribution in [3.63, 3.8) is 0 Å². The topological polar surface area (TPSA) is 9.23 Å². The lowest BCUT2D eigenvalue weighted by atomic mass is 9.64. The van der Waals surface area contributed by atoms with E-state index in [1.807, 2.05) is 0 Å². The van der Waals surface area contributed by atoms with Crippen molar-refractivity contribution in [2.45, 2.75) is 57.7 Å². The van der Waals surface area contributed by atoms with Crippen molar-refractivity contribution in [2.24, 2.45) is 17.8 Å². The highest BCUT2D eigenvalue weighted by Crippen LogP contribution is 2.50. The van der Waals surface area contributed by atoms with Gasteiger partial charge in [0.25, 0.3) is 0 Å². The molecule has 0 bridgehead atoms. The molecule has 2 saturated carbocycles. The van der Waals surface area contributed by atoms with Gasteiger partial charge >= 0.3 is 6.36 Å². The average molecular weight is 398 g/mol. The molecule has 0 amide bonds. The predicted octanol–water partition coefficient (Wildman–Crippen LogP) is 7.34. The number of benzene rings is 2. The van der Waals surface area contributed by atoms with E-state index in [2.05, 4.69) is 11.7 Å². The normalized spacial score (nSPS) is 28.2. The molecule has 2 aromatic rings. The Morgan fingerprint density at radius 2 is 1.50 bits per heavy atom. The molecule has 0 radical (unpaired) electrons. The fraction of sp³-hybridized carbons (Fsp3) is 0.545. The van der Waals surface area contributed by atoms with E-state index in [9.17, 15) is 13.2 Å². The van der Waals surface area contributed by atoms with Crippen LogP contribution < -0.4 is 4.74 Å². The molecule has 0 aliphatic heterocycles. The van der Waals surface area contributed by atoms with Crippen molar-refractivity contribution in [2.75, 3.05) is 0 Å². The minimum Gasteiger partial charge on any atom is -0.402 e. The Labute approximate surface area is 160 Å². The first-order valence-electron chi connectivity index (χ1n) is 9.90. The zero-order valence-electron chi connectivity index (χ0n) is 15.7. The first kappa shape index (κ1) is 19.5. The second-order valence-electron chi connectivity index (χ2n) is 8.41. The third kappa shape index (κ3) is 3.58. The van der Waals surface area contributed by atoms with Crippen LogP contribution in [-0.2, 0) is 0 Å². The van der Waals surface area contributed by atoms with Gasteiger partial charge in [0, 0.05) is 16.3 Å². The molecule has 152 valence electrons. The Balaban J connectivity index is 1.77. The van der Waals surface area contributed by atoms with Crippen molar-refractivity contribution < 1.29 is 26.7 Å². The minimum atomic E-state index is -5.05. The van der Waals surface area contributed by atoms with Crippen molar-refractivity contribution in [1.29, 1.82) is 0 Å². The fourth-order valence-electron chi connectivity index (χ4n) is 5.31. The van der Waals surface area contributed by atoms with Crippen LogP contribution in [0.15, 0.2) is 24.3 Å². The highest BCUT2D eigenvalue weighted by Gasteiger charge is 2.39. The lowest BCUT2D eigenvalue weighted by molar-refractivity contribution is -0.275. The number of fused-ring (bicyclic) bond motifs is 2. The molecule has 4 unspecified atom stereocenters. The van der Waals surface area contributed by atoms with E-state index in [1.54, 1.807) is 0 Å². The van der Waals surface area contributed by atoms with Crippen molar-refractivity contribution in [1.82, 2.24) is 0 Å². The third-order valence-electron chi connectivity index (χ3n) is 6.58. The molecule has 4 atom stereocenters. The van der Waals surface area contributed by atoms with E-state index in [0.29, 0.717) is 30.6 Å². The lowest BCUT2D eigenvalue weighted by Crippen LogP contribution is -2.30. The maximum absolute atomic E-state index is 15.2. The van der Waals surface area contributed by atoms with E-state index >= 15 is 8.78 Å². The zero-order valence-corrected chi connectivity index (χ0v) is 15.7. The van der Waals surface area contributed by atoms with Crippen LogP contribution in [0, 0.1) is 29.4 Å². The molecule has 0 saturated heterocycles. The molecule has 2 aliphatic carbocycles. The molecule has 6 heteroatoms. The molecule has 0 aromatic heterocycles. The van der Waals surface area contributed by atoms with E-state index in [-0.39, 0.29) is 16.3 Å². The van der Waals surface area contributed by atoms with Crippen LogP contribution in [0.5, 0.6) is 5.75 Å². The Kier molecular flexibility index (Phi) is 5.00. The number of hydrogen-bond acceptors (Lipinski definition) is 1. The van der Waals surface area contributed by atoms with Gasteiger partial charge in [0.05, 0.1) is 0 Å². The second-order valence-corrected chi connectivity index (χ2v) is 8.41. The van der Waals surface area contributed by atoms with Crippen molar-refractivity contribution >= 4 is 10.8 Å². The first-order valence-corrected chi connectivity index (χ1v) is 9.90. The standard InChI is InChI=1S/C22H23F5O/c1-12-6-7-14-11-15(9-8-13(14)10-12)18-19(23)16-4-2-3-5-17(16)21(20(18)24)28-22(25,26)27/h2-5,12-15H,6-11H2,1H3. The number of halogens is 5. The van der Waals surface area contributed by atoms with Gasteiger partial charge < -0.3 is 4.74 Å². The van der Waals surface area contributed by atoms with Crippen LogP contribution in [0.25, 0.3) is 10.8 Å². The van der Waals surface area contributed by atoms with Crippen LogP contribution in [-0.4, -0.2) is 6.36 Å². The smallest absolute Gasteiger partial charge is 0.402 e. The van der Waals surface area contributed by atoms with Crippen LogP contribution in [0.2, 0.25) is 0 Å².